The first kappa shape index (κ1) is 23.1. The largest absolute Gasteiger partial charge is 0.507 e. The summed E-state index contributed by atoms with van der Waals surface area (Å²) in [6, 6.07) is 3.11. The molecule has 0 heterocycles. The van der Waals surface area contributed by atoms with Gasteiger partial charge in [0.05, 0.1) is 6.61 Å². The van der Waals surface area contributed by atoms with Crippen LogP contribution in [0, 0.1) is 20.8 Å². The minimum atomic E-state index is -5.73. The number of aryl methyl sites for hydroxylation is 3. The average Bonchev–Trinajstić information content (AvgIpc) is 2.58. The van der Waals surface area contributed by atoms with Crippen LogP contribution >= 0.6 is 0 Å². The molecule has 0 atom stereocenters. The Morgan fingerprint density at radius 2 is 1.17 bits per heavy atom. The Bertz CT molecular complexity index is 850. The van der Waals surface area contributed by atoms with Gasteiger partial charge in [-0.1, -0.05) is 31.2 Å². The van der Waals surface area contributed by atoms with Crippen LogP contribution in [0.3, 0.4) is 0 Å². The Hall–Kier alpha value is -2.22. The molecular weight excluding hydrogens is 398 g/mol. The topological polar surface area (TPSA) is 40.5 Å². The van der Waals surface area contributed by atoms with Crippen LogP contribution in [-0.4, -0.2) is 22.6 Å². The standard InChI is InChI=1S/C21H22F6O2/c1-5-14-8-17(9-15(10-28)13(14)4)19(20(22,23)24,21(25,26)27)16-6-11(2)18(29)12(3)7-16/h6-9,28-29H,5,10H2,1-4H3. The third-order valence-electron chi connectivity index (χ3n) is 5.38. The molecule has 0 saturated carbocycles. The summed E-state index contributed by atoms with van der Waals surface area (Å²) in [5, 5.41) is 19.4. The Morgan fingerprint density at radius 3 is 1.55 bits per heavy atom. The Labute approximate surface area is 164 Å². The van der Waals surface area contributed by atoms with E-state index in [-0.39, 0.29) is 34.4 Å². The maximum atomic E-state index is 14.3. The molecule has 0 aromatic heterocycles. The van der Waals surface area contributed by atoms with Gasteiger partial charge < -0.3 is 10.2 Å². The number of aliphatic hydroxyl groups excluding tert-OH is 1. The van der Waals surface area contributed by atoms with Gasteiger partial charge in [0.2, 0.25) is 5.41 Å². The van der Waals surface area contributed by atoms with E-state index in [1.165, 1.54) is 13.8 Å². The van der Waals surface area contributed by atoms with Crippen LogP contribution in [0.2, 0.25) is 0 Å². The SMILES string of the molecule is CCc1cc(C(c2cc(C)c(O)c(C)c2)(C(F)(F)F)C(F)(F)F)cc(CO)c1C. The third kappa shape index (κ3) is 3.58. The maximum Gasteiger partial charge on any atom is 0.411 e. The van der Waals surface area contributed by atoms with Gasteiger partial charge in [0, 0.05) is 0 Å². The summed E-state index contributed by atoms with van der Waals surface area (Å²) in [6.07, 6.45) is -11.3. The highest BCUT2D eigenvalue weighted by atomic mass is 19.4. The van der Waals surface area contributed by atoms with Crippen LogP contribution in [0.5, 0.6) is 5.75 Å². The molecule has 0 aliphatic carbocycles. The minimum Gasteiger partial charge on any atom is -0.507 e. The van der Waals surface area contributed by atoms with Crippen LogP contribution in [0.25, 0.3) is 0 Å². The molecule has 2 rings (SSSR count). The zero-order valence-corrected chi connectivity index (χ0v) is 16.4. The lowest BCUT2D eigenvalue weighted by Gasteiger charge is -2.39. The average molecular weight is 420 g/mol. The van der Waals surface area contributed by atoms with Gasteiger partial charge in [0.25, 0.3) is 0 Å². The quantitative estimate of drug-likeness (QED) is 0.616. The molecule has 2 N–H and O–H groups in total. The number of hydrogen-bond acceptors (Lipinski definition) is 2. The van der Waals surface area contributed by atoms with Crippen LogP contribution < -0.4 is 0 Å². The number of phenols is 1. The van der Waals surface area contributed by atoms with E-state index in [4.69, 9.17) is 0 Å². The second kappa shape index (κ2) is 7.55. The predicted molar refractivity (Wildman–Crippen MR) is 97.0 cm³/mol. The van der Waals surface area contributed by atoms with Crippen LogP contribution in [0.1, 0.15) is 45.9 Å². The Morgan fingerprint density at radius 1 is 0.759 bits per heavy atom. The lowest BCUT2D eigenvalue weighted by molar-refractivity contribution is -0.288. The molecule has 0 aliphatic heterocycles. The molecular formula is C21H22F6O2. The maximum absolute atomic E-state index is 14.3. The van der Waals surface area contributed by atoms with E-state index in [9.17, 15) is 36.6 Å². The molecule has 2 nitrogen and oxygen atoms in total. The highest BCUT2D eigenvalue weighted by Gasteiger charge is 2.72. The van der Waals surface area contributed by atoms with Crippen molar-refractivity contribution in [2.24, 2.45) is 0 Å². The fourth-order valence-corrected chi connectivity index (χ4v) is 3.74. The van der Waals surface area contributed by atoms with Crippen molar-refractivity contribution in [1.29, 1.82) is 0 Å². The number of halogens is 6. The zero-order chi connectivity index (χ0) is 22.4. The molecule has 160 valence electrons. The number of benzene rings is 2. The summed E-state index contributed by atoms with van der Waals surface area (Å²) in [7, 11) is 0. The summed E-state index contributed by atoms with van der Waals surface area (Å²) in [6.45, 7) is 4.97. The molecule has 0 fully saturated rings. The highest BCUT2D eigenvalue weighted by molar-refractivity contribution is 5.53. The summed E-state index contributed by atoms with van der Waals surface area (Å²) >= 11 is 0. The van der Waals surface area contributed by atoms with E-state index in [2.05, 4.69) is 0 Å². The van der Waals surface area contributed by atoms with Crippen molar-refractivity contribution >= 4 is 0 Å². The zero-order valence-electron chi connectivity index (χ0n) is 16.4. The molecule has 0 unspecified atom stereocenters. The van der Waals surface area contributed by atoms with Gasteiger partial charge in [-0.25, -0.2) is 0 Å². The van der Waals surface area contributed by atoms with Gasteiger partial charge in [-0.2, -0.15) is 26.3 Å². The van der Waals surface area contributed by atoms with Crippen LogP contribution in [-0.2, 0) is 18.4 Å². The summed E-state index contributed by atoms with van der Waals surface area (Å²) in [5.41, 5.74) is -5.79. The lowest BCUT2D eigenvalue weighted by Crippen LogP contribution is -2.55. The molecule has 0 radical (unpaired) electrons. The van der Waals surface area contributed by atoms with Gasteiger partial charge >= 0.3 is 12.4 Å². The summed E-state index contributed by atoms with van der Waals surface area (Å²) in [4.78, 5) is 0. The van der Waals surface area contributed by atoms with E-state index >= 15 is 0 Å². The number of aliphatic hydroxyl groups is 1. The molecule has 0 saturated heterocycles. The summed E-state index contributed by atoms with van der Waals surface area (Å²) in [5.74, 6) is -0.360. The number of hydrogen-bond donors (Lipinski definition) is 2. The fraction of sp³-hybridized carbons (Fsp3) is 0.429. The van der Waals surface area contributed by atoms with E-state index in [0.29, 0.717) is 17.7 Å². The van der Waals surface area contributed by atoms with Crippen molar-refractivity contribution in [2.75, 3.05) is 0 Å². The van der Waals surface area contributed by atoms with E-state index in [1.807, 2.05) is 0 Å². The predicted octanol–water partition coefficient (Wildman–Crippen LogP) is 5.78. The number of rotatable bonds is 4. The smallest absolute Gasteiger partial charge is 0.411 e. The first-order chi connectivity index (χ1) is 13.2. The number of aromatic hydroxyl groups is 1. The fourth-order valence-electron chi connectivity index (χ4n) is 3.74. The molecule has 2 aromatic carbocycles. The highest BCUT2D eigenvalue weighted by Crippen LogP contribution is 2.57. The summed E-state index contributed by atoms with van der Waals surface area (Å²) < 4.78 is 86.0. The third-order valence-corrected chi connectivity index (χ3v) is 5.38. The van der Waals surface area contributed by atoms with Crippen molar-refractivity contribution < 1.29 is 36.6 Å². The molecule has 8 heteroatoms. The number of alkyl halides is 6. The van der Waals surface area contributed by atoms with Crippen molar-refractivity contribution in [3.8, 4) is 5.75 Å². The van der Waals surface area contributed by atoms with Crippen molar-refractivity contribution in [1.82, 2.24) is 0 Å². The van der Waals surface area contributed by atoms with Crippen molar-refractivity contribution in [3.63, 3.8) is 0 Å². The molecule has 29 heavy (non-hydrogen) atoms. The molecule has 0 amide bonds. The van der Waals surface area contributed by atoms with Crippen LogP contribution in [0.15, 0.2) is 24.3 Å². The van der Waals surface area contributed by atoms with Gasteiger partial charge in [-0.3, -0.25) is 0 Å². The second-order valence-corrected chi connectivity index (χ2v) is 7.14. The van der Waals surface area contributed by atoms with E-state index in [0.717, 1.165) is 12.1 Å². The van der Waals surface area contributed by atoms with E-state index in [1.54, 1.807) is 13.8 Å². The lowest BCUT2D eigenvalue weighted by atomic mass is 9.71. The van der Waals surface area contributed by atoms with Gasteiger partial charge in [0.1, 0.15) is 5.75 Å². The molecule has 2 aromatic rings. The molecule has 0 aliphatic rings. The molecule has 0 bridgehead atoms. The monoisotopic (exact) mass is 420 g/mol. The normalized spacial score (nSPS) is 13.1. The second-order valence-electron chi connectivity index (χ2n) is 7.14. The first-order valence-electron chi connectivity index (χ1n) is 8.90. The van der Waals surface area contributed by atoms with Crippen molar-refractivity contribution in [3.05, 3.63) is 63.2 Å². The number of phenolic OH excluding ortho intramolecular Hbond substituents is 1. The van der Waals surface area contributed by atoms with Gasteiger partial charge in [-0.15, -0.1) is 0 Å². The van der Waals surface area contributed by atoms with Gasteiger partial charge in [-0.05, 0) is 66.1 Å². The van der Waals surface area contributed by atoms with Crippen molar-refractivity contribution in [2.45, 2.75) is 58.5 Å². The Balaban J connectivity index is 3.09. The minimum absolute atomic E-state index is 0.00412. The van der Waals surface area contributed by atoms with Crippen LogP contribution in [0.4, 0.5) is 26.3 Å². The Kier molecular flexibility index (Phi) is 6.01. The first-order valence-corrected chi connectivity index (χ1v) is 8.90. The molecule has 0 spiro atoms. The van der Waals surface area contributed by atoms with Gasteiger partial charge in [0.15, 0.2) is 0 Å². The van der Waals surface area contributed by atoms with E-state index < -0.39 is 35.5 Å².